The molecule has 39 heavy (non-hydrogen) atoms. The summed E-state index contributed by atoms with van der Waals surface area (Å²) in [6, 6.07) is 14.5. The molecule has 2 aromatic carbocycles. The standard InChI is InChI=1S/C29H33FN4O4S/c1-32(2)39(36,37)25-13-11-21(12-14-25)29(35)34(22-6-3-7-22)27-10-4-9-26(30)28(27)33-18-15-23(16-19-33)38-24-8-5-17-31-20-24/h4-5,8-14,17,20,22-23H,3,6-7,15-16,18-19H2,1-2H3. The molecule has 2 fully saturated rings. The predicted octanol–water partition coefficient (Wildman–Crippen LogP) is 4.72. The number of para-hydroxylation sites is 1. The average molecular weight is 553 g/mol. The molecule has 2 aliphatic rings. The van der Waals surface area contributed by atoms with E-state index in [0.717, 1.165) is 23.6 Å². The van der Waals surface area contributed by atoms with Crippen molar-refractivity contribution >= 4 is 27.3 Å². The number of nitrogens with zero attached hydrogens (tertiary/aromatic N) is 4. The normalized spacial score (nSPS) is 16.7. The molecule has 0 unspecified atom stereocenters. The van der Waals surface area contributed by atoms with Crippen LogP contribution < -0.4 is 14.5 Å². The van der Waals surface area contributed by atoms with Gasteiger partial charge in [-0.25, -0.2) is 17.1 Å². The molecule has 1 saturated heterocycles. The summed E-state index contributed by atoms with van der Waals surface area (Å²) in [5.74, 6) is 0.0764. The summed E-state index contributed by atoms with van der Waals surface area (Å²) in [4.78, 5) is 21.8. The van der Waals surface area contributed by atoms with E-state index in [1.807, 2.05) is 17.0 Å². The third kappa shape index (κ3) is 5.62. The number of carbonyl (C=O) groups excluding carboxylic acids is 1. The number of piperidine rings is 1. The minimum absolute atomic E-state index is 0.00185. The van der Waals surface area contributed by atoms with Crippen LogP contribution in [0.4, 0.5) is 15.8 Å². The van der Waals surface area contributed by atoms with Gasteiger partial charge in [-0.2, -0.15) is 0 Å². The van der Waals surface area contributed by atoms with Gasteiger partial charge in [-0.3, -0.25) is 9.78 Å². The molecule has 1 amide bonds. The summed E-state index contributed by atoms with van der Waals surface area (Å²) in [6.45, 7) is 1.17. The highest BCUT2D eigenvalue weighted by molar-refractivity contribution is 7.89. The van der Waals surface area contributed by atoms with Crippen molar-refractivity contribution in [2.75, 3.05) is 37.0 Å². The van der Waals surface area contributed by atoms with Crippen molar-refractivity contribution in [2.45, 2.75) is 49.1 Å². The SMILES string of the molecule is CN(C)S(=O)(=O)c1ccc(C(=O)N(c2cccc(F)c2N2CCC(Oc3cccnc3)CC2)C2CCC2)cc1. The second kappa shape index (κ2) is 11.3. The van der Waals surface area contributed by atoms with Crippen molar-refractivity contribution < 1.29 is 22.3 Å². The van der Waals surface area contributed by atoms with Gasteiger partial charge in [0.1, 0.15) is 17.7 Å². The Morgan fingerprint density at radius 2 is 1.72 bits per heavy atom. The number of hydrogen-bond acceptors (Lipinski definition) is 6. The third-order valence-corrected chi connectivity index (χ3v) is 9.29. The van der Waals surface area contributed by atoms with Crippen LogP contribution in [0.2, 0.25) is 0 Å². The fourth-order valence-corrected chi connectivity index (χ4v) is 5.96. The highest BCUT2D eigenvalue weighted by atomic mass is 32.2. The van der Waals surface area contributed by atoms with Gasteiger partial charge in [-0.05, 0) is 67.8 Å². The van der Waals surface area contributed by atoms with E-state index in [-0.39, 0.29) is 28.8 Å². The molecule has 0 bridgehead atoms. The smallest absolute Gasteiger partial charge is 0.258 e. The number of carbonyl (C=O) groups is 1. The predicted molar refractivity (Wildman–Crippen MR) is 148 cm³/mol. The Kier molecular flexibility index (Phi) is 7.86. The fraction of sp³-hybridized carbons (Fsp3) is 0.379. The number of amides is 1. The lowest BCUT2D eigenvalue weighted by atomic mass is 9.90. The summed E-state index contributed by atoms with van der Waals surface area (Å²) in [6.07, 6.45) is 7.46. The molecule has 1 aliphatic carbocycles. The molecule has 1 saturated carbocycles. The Morgan fingerprint density at radius 3 is 2.31 bits per heavy atom. The third-order valence-electron chi connectivity index (χ3n) is 7.46. The molecular formula is C29H33FN4O4S. The van der Waals surface area contributed by atoms with Crippen LogP contribution in [0.15, 0.2) is 71.9 Å². The summed E-state index contributed by atoms with van der Waals surface area (Å²) in [5, 5.41) is 0. The maximum Gasteiger partial charge on any atom is 0.258 e. The van der Waals surface area contributed by atoms with Gasteiger partial charge in [0.25, 0.3) is 5.91 Å². The summed E-state index contributed by atoms with van der Waals surface area (Å²) < 4.78 is 47.6. The Balaban J connectivity index is 1.40. The van der Waals surface area contributed by atoms with Crippen LogP contribution >= 0.6 is 0 Å². The zero-order valence-electron chi connectivity index (χ0n) is 22.2. The number of benzene rings is 2. The molecule has 8 nitrogen and oxygen atoms in total. The van der Waals surface area contributed by atoms with Gasteiger partial charge in [0.05, 0.1) is 22.5 Å². The molecular weight excluding hydrogens is 519 g/mol. The topological polar surface area (TPSA) is 83.1 Å². The lowest BCUT2D eigenvalue weighted by molar-refractivity contribution is 0.0964. The monoisotopic (exact) mass is 552 g/mol. The first-order valence-corrected chi connectivity index (χ1v) is 14.7. The van der Waals surface area contributed by atoms with Crippen LogP contribution in [0.3, 0.4) is 0 Å². The van der Waals surface area contributed by atoms with E-state index in [9.17, 15) is 13.2 Å². The molecule has 3 aromatic rings. The molecule has 10 heteroatoms. The van der Waals surface area contributed by atoms with Gasteiger partial charge in [-0.15, -0.1) is 0 Å². The molecule has 0 atom stereocenters. The molecule has 1 aromatic heterocycles. The van der Waals surface area contributed by atoms with Crippen molar-refractivity contribution in [3.05, 3.63) is 78.4 Å². The average Bonchev–Trinajstić information content (AvgIpc) is 2.91. The molecule has 206 valence electrons. The van der Waals surface area contributed by atoms with Crippen LogP contribution in [0, 0.1) is 5.82 Å². The Morgan fingerprint density at radius 1 is 1.00 bits per heavy atom. The molecule has 1 aliphatic heterocycles. The molecule has 0 spiro atoms. The number of anilines is 2. The van der Waals surface area contributed by atoms with Crippen LogP contribution in [0.25, 0.3) is 0 Å². The van der Waals surface area contributed by atoms with Crippen LogP contribution in [-0.2, 0) is 10.0 Å². The molecule has 5 rings (SSSR count). The Hall–Kier alpha value is -3.50. The van der Waals surface area contributed by atoms with Gasteiger partial charge in [-0.1, -0.05) is 6.07 Å². The van der Waals surface area contributed by atoms with Gasteiger partial charge < -0.3 is 14.5 Å². The lowest BCUT2D eigenvalue weighted by Gasteiger charge is -2.41. The zero-order chi connectivity index (χ0) is 27.6. The van der Waals surface area contributed by atoms with Crippen molar-refractivity contribution in [2.24, 2.45) is 0 Å². The van der Waals surface area contributed by atoms with E-state index < -0.39 is 10.0 Å². The van der Waals surface area contributed by atoms with E-state index >= 15 is 4.39 Å². The van der Waals surface area contributed by atoms with Gasteiger partial charge in [0.15, 0.2) is 0 Å². The Bertz CT molecular complexity index is 1400. The number of halogens is 1. The number of pyridine rings is 1. The highest BCUT2D eigenvalue weighted by Crippen LogP contribution is 2.40. The largest absolute Gasteiger partial charge is 0.489 e. The highest BCUT2D eigenvalue weighted by Gasteiger charge is 2.35. The van der Waals surface area contributed by atoms with Gasteiger partial charge >= 0.3 is 0 Å². The first-order valence-electron chi connectivity index (χ1n) is 13.2. The lowest BCUT2D eigenvalue weighted by Crippen LogP contribution is -2.46. The van der Waals surface area contributed by atoms with E-state index in [1.165, 1.54) is 44.4 Å². The van der Waals surface area contributed by atoms with Crippen molar-refractivity contribution in [1.82, 2.24) is 9.29 Å². The number of aromatic nitrogens is 1. The van der Waals surface area contributed by atoms with Crippen molar-refractivity contribution in [3.63, 3.8) is 0 Å². The minimum atomic E-state index is -3.61. The fourth-order valence-electron chi connectivity index (χ4n) is 5.05. The Labute approximate surface area is 229 Å². The number of hydrogen-bond donors (Lipinski definition) is 0. The number of rotatable bonds is 8. The van der Waals surface area contributed by atoms with E-state index in [0.29, 0.717) is 48.6 Å². The van der Waals surface area contributed by atoms with Crippen molar-refractivity contribution in [1.29, 1.82) is 0 Å². The quantitative estimate of drug-likeness (QED) is 0.402. The van der Waals surface area contributed by atoms with Crippen LogP contribution in [0.1, 0.15) is 42.5 Å². The molecule has 0 radical (unpaired) electrons. The maximum atomic E-state index is 15.5. The summed E-state index contributed by atoms with van der Waals surface area (Å²) in [5.41, 5.74) is 1.32. The number of sulfonamides is 1. The first kappa shape index (κ1) is 27.1. The van der Waals surface area contributed by atoms with Crippen LogP contribution in [-0.4, -0.2) is 62.9 Å². The van der Waals surface area contributed by atoms with Gasteiger partial charge in [0, 0.05) is 57.8 Å². The van der Waals surface area contributed by atoms with Gasteiger partial charge in [0.2, 0.25) is 10.0 Å². The second-order valence-corrected chi connectivity index (χ2v) is 12.3. The zero-order valence-corrected chi connectivity index (χ0v) is 23.0. The summed E-state index contributed by atoms with van der Waals surface area (Å²) in [7, 11) is -0.686. The van der Waals surface area contributed by atoms with Crippen LogP contribution in [0.5, 0.6) is 5.75 Å². The summed E-state index contributed by atoms with van der Waals surface area (Å²) >= 11 is 0. The second-order valence-electron chi connectivity index (χ2n) is 10.2. The first-order chi connectivity index (χ1) is 18.8. The van der Waals surface area contributed by atoms with Crippen molar-refractivity contribution in [3.8, 4) is 5.75 Å². The minimum Gasteiger partial charge on any atom is -0.489 e. The number of ether oxygens (including phenoxy) is 1. The van der Waals surface area contributed by atoms with E-state index in [1.54, 1.807) is 29.4 Å². The molecule has 2 heterocycles. The molecule has 0 N–H and O–H groups in total. The van der Waals surface area contributed by atoms with E-state index in [2.05, 4.69) is 4.98 Å². The maximum absolute atomic E-state index is 15.5. The van der Waals surface area contributed by atoms with E-state index in [4.69, 9.17) is 4.74 Å².